The van der Waals surface area contributed by atoms with E-state index in [0.29, 0.717) is 29.3 Å². The molecule has 0 atom stereocenters. The van der Waals surface area contributed by atoms with Gasteiger partial charge >= 0.3 is 26.3 Å². The second-order valence-electron chi connectivity index (χ2n) is 18.2. The minimum atomic E-state index is -4.70. The topological polar surface area (TPSA) is 56.0 Å². The number of imidazole rings is 1. The van der Waals surface area contributed by atoms with Crippen molar-refractivity contribution in [1.29, 1.82) is 0 Å². The SMILES string of the molecule is FC(F)(F)c1nc2cc(CCc3cc(CCc4ccc(-c5[c-]cccc5)nc4)cc(-c4ccccc4-c4ccc(-c5[c-]ccc(-c6ccc(-c7ccccc7)cc6)c5)nc4)c3)c[c-]c2c2nc3ccccc3n12.[Ir+3]. The van der Waals surface area contributed by atoms with Crippen molar-refractivity contribution >= 4 is 27.6 Å². The van der Waals surface area contributed by atoms with Gasteiger partial charge < -0.3 is 14.4 Å². The zero-order chi connectivity index (χ0) is 49.3. The third-order valence-electron chi connectivity index (χ3n) is 13.4. The molecule has 5 nitrogen and oxygen atoms in total. The average Bonchev–Trinajstić information content (AvgIpc) is 3.84. The molecule has 12 rings (SSSR count). The van der Waals surface area contributed by atoms with E-state index in [4.69, 9.17) is 9.97 Å². The first-order valence-electron chi connectivity index (χ1n) is 24.2. The first kappa shape index (κ1) is 47.9. The van der Waals surface area contributed by atoms with Crippen LogP contribution in [0.4, 0.5) is 13.2 Å². The summed E-state index contributed by atoms with van der Waals surface area (Å²) in [5, 5.41) is 0.442. The second kappa shape index (κ2) is 20.6. The van der Waals surface area contributed by atoms with Crippen molar-refractivity contribution in [3.8, 4) is 67.0 Å². The summed E-state index contributed by atoms with van der Waals surface area (Å²) in [5.41, 5.74) is 17.7. The first-order chi connectivity index (χ1) is 35.8. The van der Waals surface area contributed by atoms with Crippen LogP contribution in [0.3, 0.4) is 0 Å². The van der Waals surface area contributed by atoms with Gasteiger partial charge in [-0.15, -0.1) is 95.1 Å². The van der Waals surface area contributed by atoms with E-state index in [-0.39, 0.29) is 31.3 Å². The smallest absolute Gasteiger partial charge is 0.314 e. The Labute approximate surface area is 440 Å². The number of hydrogen-bond acceptors (Lipinski definition) is 4. The van der Waals surface area contributed by atoms with E-state index in [2.05, 4.69) is 149 Å². The van der Waals surface area contributed by atoms with Crippen LogP contribution in [0.2, 0.25) is 0 Å². The van der Waals surface area contributed by atoms with Gasteiger partial charge in [-0.05, 0) is 104 Å². The molecular formula is C65H43F3IrN5. The van der Waals surface area contributed by atoms with Gasteiger partial charge in [0.25, 0.3) is 0 Å². The fourth-order valence-corrected chi connectivity index (χ4v) is 9.75. The maximum Gasteiger partial charge on any atom is 3.00 e. The molecule has 0 saturated heterocycles. The van der Waals surface area contributed by atoms with Crippen molar-refractivity contribution in [2.45, 2.75) is 31.9 Å². The Bertz CT molecular complexity index is 3930. The van der Waals surface area contributed by atoms with Crippen LogP contribution in [-0.4, -0.2) is 24.3 Å². The molecule has 4 heterocycles. The Morgan fingerprint density at radius 3 is 1.77 bits per heavy atom. The van der Waals surface area contributed by atoms with Crippen LogP contribution in [-0.2, 0) is 52.0 Å². The predicted molar refractivity (Wildman–Crippen MR) is 285 cm³/mol. The summed E-state index contributed by atoms with van der Waals surface area (Å²) in [5.74, 6) is -1.01. The molecule has 0 saturated carbocycles. The molecule has 0 fully saturated rings. The Morgan fingerprint density at radius 2 is 1.05 bits per heavy atom. The van der Waals surface area contributed by atoms with Gasteiger partial charge in [0, 0.05) is 12.4 Å². The Hall–Kier alpha value is -8.36. The quantitative estimate of drug-likeness (QED) is 0.114. The van der Waals surface area contributed by atoms with Crippen LogP contribution in [0.15, 0.2) is 213 Å². The first-order valence-corrected chi connectivity index (χ1v) is 24.2. The number of aromatic nitrogens is 5. The molecule has 0 amide bonds. The molecule has 0 aliphatic heterocycles. The zero-order valence-corrected chi connectivity index (χ0v) is 42.1. The number of aryl methyl sites for hydroxylation is 4. The molecule has 12 aromatic rings. The molecule has 0 aliphatic rings. The summed E-state index contributed by atoms with van der Waals surface area (Å²) in [6.45, 7) is 0. The fourth-order valence-electron chi connectivity index (χ4n) is 9.75. The largest absolute Gasteiger partial charge is 3.00 e. The monoisotopic (exact) mass is 1140 g/mol. The summed E-state index contributed by atoms with van der Waals surface area (Å²) in [6, 6.07) is 76.9. The number of para-hydroxylation sites is 2. The number of hydrogen-bond donors (Lipinski definition) is 0. The second-order valence-corrected chi connectivity index (χ2v) is 18.2. The van der Waals surface area contributed by atoms with E-state index in [9.17, 15) is 13.2 Å². The number of fused-ring (bicyclic) bond motifs is 5. The van der Waals surface area contributed by atoms with Gasteiger partial charge in [0.1, 0.15) is 0 Å². The van der Waals surface area contributed by atoms with Crippen molar-refractivity contribution in [2.24, 2.45) is 0 Å². The number of alkyl halides is 3. The third kappa shape index (κ3) is 9.92. The standard InChI is InChI=1S/C65H43F3N5.Ir/c66-65(67,68)64-72-61-39-43(26-33-57(61)63-71-60-20-9-10-21-62(60)73(63)64)22-24-45-36-46(25-23-44-27-34-58(69-41-44)50-14-5-2-6-15-50)38-54(37-45)56-19-8-7-18-55(56)53-32-35-59(70-42-53)52-17-11-16-51(40-52)49-30-28-48(29-31-49)47-12-3-1-4-13-47;/h1-14,16,18-21,26-32,34-42H,22-25H2;/q-3;+3. The van der Waals surface area contributed by atoms with Gasteiger partial charge in [0.2, 0.25) is 5.82 Å². The molecule has 0 spiro atoms. The van der Waals surface area contributed by atoms with Crippen LogP contribution < -0.4 is 0 Å². The minimum Gasteiger partial charge on any atom is -0.314 e. The average molecular weight is 1140 g/mol. The molecule has 8 aromatic carbocycles. The molecular weight excluding hydrogens is 1100 g/mol. The van der Waals surface area contributed by atoms with Gasteiger partial charge in [0.05, 0.1) is 16.7 Å². The minimum absolute atomic E-state index is 0. The summed E-state index contributed by atoms with van der Waals surface area (Å²) in [6.07, 6.45) is 1.93. The van der Waals surface area contributed by atoms with Crippen LogP contribution in [0.5, 0.6) is 0 Å². The summed E-state index contributed by atoms with van der Waals surface area (Å²) >= 11 is 0. The maximum absolute atomic E-state index is 14.6. The summed E-state index contributed by atoms with van der Waals surface area (Å²) < 4.78 is 44.9. The van der Waals surface area contributed by atoms with Gasteiger partial charge in [0.15, 0.2) is 0 Å². The molecule has 9 heteroatoms. The van der Waals surface area contributed by atoms with Crippen LogP contribution in [0.1, 0.15) is 28.1 Å². The Balaban J connectivity index is 0.00000588. The molecule has 0 bridgehead atoms. The van der Waals surface area contributed by atoms with Crippen molar-refractivity contribution in [2.75, 3.05) is 0 Å². The number of rotatable bonds is 12. The Morgan fingerprint density at radius 1 is 0.432 bits per heavy atom. The van der Waals surface area contributed by atoms with E-state index in [1.54, 1.807) is 30.3 Å². The zero-order valence-electron chi connectivity index (χ0n) is 39.7. The Kier molecular flexibility index (Phi) is 13.4. The molecule has 74 heavy (non-hydrogen) atoms. The number of halogens is 3. The molecule has 0 aliphatic carbocycles. The van der Waals surface area contributed by atoms with E-state index in [1.807, 2.05) is 60.9 Å². The van der Waals surface area contributed by atoms with Gasteiger partial charge in [-0.1, -0.05) is 145 Å². The van der Waals surface area contributed by atoms with Crippen LogP contribution in [0.25, 0.3) is 94.6 Å². The molecule has 358 valence electrons. The van der Waals surface area contributed by atoms with E-state index in [1.165, 1.54) is 11.1 Å². The molecule has 0 unspecified atom stereocenters. The van der Waals surface area contributed by atoms with Gasteiger partial charge in [-0.25, -0.2) is 0 Å². The number of pyridine rings is 2. The van der Waals surface area contributed by atoms with Crippen molar-refractivity contribution in [3.63, 3.8) is 0 Å². The molecule has 0 N–H and O–H groups in total. The molecule has 0 radical (unpaired) electrons. The van der Waals surface area contributed by atoms with Crippen molar-refractivity contribution in [1.82, 2.24) is 24.3 Å². The van der Waals surface area contributed by atoms with E-state index in [0.717, 1.165) is 95.4 Å². The van der Waals surface area contributed by atoms with Crippen LogP contribution >= 0.6 is 0 Å². The van der Waals surface area contributed by atoms with Crippen LogP contribution in [0, 0.1) is 18.2 Å². The normalized spacial score (nSPS) is 11.6. The van der Waals surface area contributed by atoms with Crippen molar-refractivity contribution < 1.29 is 33.3 Å². The van der Waals surface area contributed by atoms with Gasteiger partial charge in [-0.3, -0.25) is 9.97 Å². The van der Waals surface area contributed by atoms with Gasteiger partial charge in [-0.2, -0.15) is 13.2 Å². The van der Waals surface area contributed by atoms with E-state index < -0.39 is 12.0 Å². The summed E-state index contributed by atoms with van der Waals surface area (Å²) in [7, 11) is 0. The third-order valence-corrected chi connectivity index (χ3v) is 13.4. The van der Waals surface area contributed by atoms with E-state index >= 15 is 0 Å². The molecule has 4 aromatic heterocycles. The summed E-state index contributed by atoms with van der Waals surface area (Å²) in [4.78, 5) is 18.5. The maximum atomic E-state index is 14.6. The number of benzene rings is 8. The predicted octanol–water partition coefficient (Wildman–Crippen LogP) is 15.8. The van der Waals surface area contributed by atoms with Crippen molar-refractivity contribution in [3.05, 3.63) is 259 Å². The number of nitrogens with zero attached hydrogens (tertiary/aromatic N) is 5. The fraction of sp³-hybridized carbons (Fsp3) is 0.0769.